The van der Waals surface area contributed by atoms with E-state index < -0.39 is 34.7 Å². The summed E-state index contributed by atoms with van der Waals surface area (Å²) in [5.41, 5.74) is -1.67. The maximum absolute atomic E-state index is 15.3. The Hall–Kier alpha value is -2.60. The van der Waals surface area contributed by atoms with E-state index in [2.05, 4.69) is 0 Å². The summed E-state index contributed by atoms with van der Waals surface area (Å²) >= 11 is 5.95. The lowest BCUT2D eigenvalue weighted by Crippen LogP contribution is -2.24. The van der Waals surface area contributed by atoms with Crippen LogP contribution in [0, 0.1) is 17.5 Å². The predicted octanol–water partition coefficient (Wildman–Crippen LogP) is 5.66. The van der Waals surface area contributed by atoms with E-state index in [9.17, 15) is 18.0 Å². The van der Waals surface area contributed by atoms with Gasteiger partial charge in [0.05, 0.1) is 11.3 Å². The van der Waals surface area contributed by atoms with Crippen molar-refractivity contribution < 1.29 is 17.6 Å². The monoisotopic (exact) mass is 395 g/mol. The first kappa shape index (κ1) is 19.2. The SMILES string of the molecule is CCn1c(-c2c(F)cc(F)cc2F)c(C(F)c2ccccc2)cc(Cl)c1=O. The second-order valence-electron chi connectivity index (χ2n) is 5.86. The Bertz CT molecular complexity index is 1030. The van der Waals surface area contributed by atoms with Gasteiger partial charge in [-0.25, -0.2) is 17.6 Å². The van der Waals surface area contributed by atoms with Crippen molar-refractivity contribution >= 4 is 11.6 Å². The fraction of sp³-hybridized carbons (Fsp3) is 0.150. The molecule has 3 rings (SSSR count). The van der Waals surface area contributed by atoms with Crippen molar-refractivity contribution in [2.24, 2.45) is 0 Å². The van der Waals surface area contributed by atoms with Gasteiger partial charge in [0.2, 0.25) is 0 Å². The van der Waals surface area contributed by atoms with E-state index in [0.717, 1.165) is 10.6 Å². The van der Waals surface area contributed by atoms with E-state index in [1.54, 1.807) is 25.1 Å². The van der Waals surface area contributed by atoms with Crippen molar-refractivity contribution in [3.63, 3.8) is 0 Å². The lowest BCUT2D eigenvalue weighted by Gasteiger charge is -2.20. The smallest absolute Gasteiger partial charge is 0.269 e. The highest BCUT2D eigenvalue weighted by Gasteiger charge is 2.27. The number of aromatic nitrogens is 1. The summed E-state index contributed by atoms with van der Waals surface area (Å²) in [6, 6.07) is 9.94. The van der Waals surface area contributed by atoms with E-state index in [4.69, 9.17) is 11.6 Å². The third kappa shape index (κ3) is 3.49. The highest BCUT2D eigenvalue weighted by Crippen LogP contribution is 2.37. The van der Waals surface area contributed by atoms with E-state index in [1.165, 1.54) is 12.1 Å². The van der Waals surface area contributed by atoms with Crippen molar-refractivity contribution in [2.75, 3.05) is 0 Å². The fourth-order valence-electron chi connectivity index (χ4n) is 3.00. The molecule has 2 nitrogen and oxygen atoms in total. The van der Waals surface area contributed by atoms with Crippen molar-refractivity contribution in [1.29, 1.82) is 0 Å². The van der Waals surface area contributed by atoms with Gasteiger partial charge >= 0.3 is 0 Å². The van der Waals surface area contributed by atoms with Crippen molar-refractivity contribution in [1.82, 2.24) is 4.57 Å². The van der Waals surface area contributed by atoms with Gasteiger partial charge in [0.1, 0.15) is 22.5 Å². The fourth-order valence-corrected chi connectivity index (χ4v) is 3.22. The number of hydrogen-bond donors (Lipinski definition) is 0. The molecule has 1 aromatic heterocycles. The third-order valence-electron chi connectivity index (χ3n) is 4.20. The number of nitrogens with zero attached hydrogens (tertiary/aromatic N) is 1. The topological polar surface area (TPSA) is 22.0 Å². The van der Waals surface area contributed by atoms with Crippen LogP contribution in [0.2, 0.25) is 5.02 Å². The summed E-state index contributed by atoms with van der Waals surface area (Å²) in [6.45, 7) is 1.54. The molecule has 1 unspecified atom stereocenters. The molecule has 140 valence electrons. The lowest BCUT2D eigenvalue weighted by atomic mass is 9.96. The van der Waals surface area contributed by atoms with Crippen LogP contribution >= 0.6 is 11.6 Å². The van der Waals surface area contributed by atoms with Crippen LogP contribution in [0.3, 0.4) is 0 Å². The summed E-state index contributed by atoms with van der Waals surface area (Å²) in [7, 11) is 0. The molecule has 0 radical (unpaired) electrons. The van der Waals surface area contributed by atoms with Crippen LogP contribution in [0.25, 0.3) is 11.3 Å². The van der Waals surface area contributed by atoms with Crippen LogP contribution < -0.4 is 5.56 Å². The molecular formula is C20H14ClF4NO. The van der Waals surface area contributed by atoms with Gasteiger partial charge in [0.15, 0.2) is 6.17 Å². The summed E-state index contributed by atoms with van der Waals surface area (Å²) in [4.78, 5) is 12.4. The van der Waals surface area contributed by atoms with Gasteiger partial charge in [-0.15, -0.1) is 0 Å². The Kier molecular flexibility index (Phi) is 5.37. The largest absolute Gasteiger partial charge is 0.307 e. The Labute approximate surface area is 157 Å². The number of hydrogen-bond acceptors (Lipinski definition) is 1. The zero-order valence-electron chi connectivity index (χ0n) is 14.1. The molecular weight excluding hydrogens is 382 g/mol. The van der Waals surface area contributed by atoms with Gasteiger partial charge in [-0.1, -0.05) is 41.9 Å². The number of pyridine rings is 1. The number of halogens is 5. The highest BCUT2D eigenvalue weighted by atomic mass is 35.5. The number of benzene rings is 2. The predicted molar refractivity (Wildman–Crippen MR) is 96.1 cm³/mol. The Morgan fingerprint density at radius 2 is 1.63 bits per heavy atom. The van der Waals surface area contributed by atoms with Crippen molar-refractivity contribution in [3.8, 4) is 11.3 Å². The van der Waals surface area contributed by atoms with E-state index in [0.29, 0.717) is 12.1 Å². The number of alkyl halides is 1. The first-order valence-corrected chi connectivity index (χ1v) is 8.50. The minimum Gasteiger partial charge on any atom is -0.307 e. The first-order chi connectivity index (χ1) is 12.8. The second kappa shape index (κ2) is 7.56. The molecule has 0 fully saturated rings. The maximum Gasteiger partial charge on any atom is 0.269 e. The van der Waals surface area contributed by atoms with Gasteiger partial charge in [-0.2, -0.15) is 0 Å². The van der Waals surface area contributed by atoms with Gasteiger partial charge < -0.3 is 4.57 Å². The van der Waals surface area contributed by atoms with Crippen LogP contribution in [0.1, 0.15) is 24.2 Å². The van der Waals surface area contributed by atoms with Crippen LogP contribution in [0.15, 0.2) is 53.3 Å². The average molecular weight is 396 g/mol. The quantitative estimate of drug-likeness (QED) is 0.522. The summed E-state index contributed by atoms with van der Waals surface area (Å²) in [5, 5.41) is -0.280. The molecule has 27 heavy (non-hydrogen) atoms. The molecule has 0 spiro atoms. The average Bonchev–Trinajstić information content (AvgIpc) is 2.64. The molecule has 2 aromatic carbocycles. The van der Waals surface area contributed by atoms with Crippen LogP contribution in [0.5, 0.6) is 0 Å². The molecule has 0 aliphatic rings. The Balaban J connectivity index is 2.39. The Morgan fingerprint density at radius 3 is 2.19 bits per heavy atom. The molecule has 1 atom stereocenters. The molecule has 0 aliphatic heterocycles. The molecule has 1 heterocycles. The molecule has 0 saturated carbocycles. The second-order valence-corrected chi connectivity index (χ2v) is 6.27. The summed E-state index contributed by atoms with van der Waals surface area (Å²) in [5.74, 6) is -3.59. The maximum atomic E-state index is 15.3. The molecule has 3 aromatic rings. The van der Waals surface area contributed by atoms with Gasteiger partial charge in [-0.05, 0) is 18.6 Å². The van der Waals surface area contributed by atoms with E-state index in [-0.39, 0.29) is 28.4 Å². The third-order valence-corrected chi connectivity index (χ3v) is 4.47. The number of rotatable bonds is 4. The standard InChI is InChI=1S/C20H14ClF4NO/c1-2-26-19(17-15(23)8-12(22)9-16(17)24)13(10-14(21)20(26)27)18(25)11-6-4-3-5-7-11/h3-10,18H,2H2,1H3. The lowest BCUT2D eigenvalue weighted by molar-refractivity contribution is 0.400. The first-order valence-electron chi connectivity index (χ1n) is 8.12. The summed E-state index contributed by atoms with van der Waals surface area (Å²) in [6.07, 6.45) is -1.80. The minimum atomic E-state index is -1.80. The van der Waals surface area contributed by atoms with Crippen LogP contribution in [-0.4, -0.2) is 4.57 Å². The molecule has 7 heteroatoms. The summed E-state index contributed by atoms with van der Waals surface area (Å²) < 4.78 is 58.5. The zero-order valence-corrected chi connectivity index (χ0v) is 14.9. The van der Waals surface area contributed by atoms with Crippen molar-refractivity contribution in [2.45, 2.75) is 19.6 Å². The highest BCUT2D eigenvalue weighted by molar-refractivity contribution is 6.30. The minimum absolute atomic E-state index is 0.0144. The molecule has 0 saturated heterocycles. The normalized spacial score (nSPS) is 12.2. The van der Waals surface area contributed by atoms with Crippen LogP contribution in [0.4, 0.5) is 17.6 Å². The molecule has 0 aliphatic carbocycles. The van der Waals surface area contributed by atoms with Gasteiger partial charge in [0, 0.05) is 24.2 Å². The molecule has 0 bridgehead atoms. The zero-order chi connectivity index (χ0) is 19.7. The molecule has 0 amide bonds. The Morgan fingerprint density at radius 1 is 1.04 bits per heavy atom. The van der Waals surface area contributed by atoms with Crippen LogP contribution in [-0.2, 0) is 6.54 Å². The van der Waals surface area contributed by atoms with Crippen molar-refractivity contribution in [3.05, 3.63) is 92.5 Å². The molecule has 0 N–H and O–H groups in total. The van der Waals surface area contributed by atoms with Gasteiger partial charge in [0.25, 0.3) is 5.56 Å². The van der Waals surface area contributed by atoms with E-state index >= 15 is 4.39 Å². The van der Waals surface area contributed by atoms with E-state index in [1.807, 2.05) is 0 Å². The van der Waals surface area contributed by atoms with Gasteiger partial charge in [-0.3, -0.25) is 4.79 Å².